The van der Waals surface area contributed by atoms with Crippen molar-refractivity contribution in [1.29, 1.82) is 0 Å². The Bertz CT molecular complexity index is 370. The zero-order chi connectivity index (χ0) is 14.6. The van der Waals surface area contributed by atoms with Crippen LogP contribution in [0.15, 0.2) is 0 Å². The maximum atomic E-state index is 13.9. The van der Waals surface area contributed by atoms with E-state index < -0.39 is 42.6 Å². The summed E-state index contributed by atoms with van der Waals surface area (Å²) < 4.78 is 33.0. The van der Waals surface area contributed by atoms with Crippen LogP contribution in [0, 0.1) is 0 Å². The number of carbonyl (C=O) groups is 3. The largest absolute Gasteiger partial charge is 0.463 e. The Hall–Kier alpha value is -1.70. The first-order valence-corrected chi connectivity index (χ1v) is 5.58. The normalized spacial score (nSPS) is 29.7. The summed E-state index contributed by atoms with van der Waals surface area (Å²) in [5, 5.41) is 0. The predicted octanol–water partition coefficient (Wildman–Crippen LogP) is 0.107. The number of carbonyl (C=O) groups excluding carboxylic acids is 3. The van der Waals surface area contributed by atoms with Crippen molar-refractivity contribution >= 4 is 17.9 Å². The van der Waals surface area contributed by atoms with Gasteiger partial charge in [-0.2, -0.15) is 0 Å². The van der Waals surface area contributed by atoms with Crippen molar-refractivity contribution in [3.8, 4) is 0 Å². The Kier molecular flexibility index (Phi) is 5.22. The van der Waals surface area contributed by atoms with Gasteiger partial charge in [-0.25, -0.2) is 4.39 Å². The van der Waals surface area contributed by atoms with Gasteiger partial charge in [-0.05, 0) is 0 Å². The number of ether oxygens (including phenoxy) is 4. The first kappa shape index (κ1) is 15.4. The fraction of sp³-hybridized carbons (Fsp3) is 0.727. The number of alkyl halides is 1. The fourth-order valence-corrected chi connectivity index (χ4v) is 1.61. The molecule has 0 N–H and O–H groups in total. The summed E-state index contributed by atoms with van der Waals surface area (Å²) in [6.07, 6.45) is -5.64. The first-order chi connectivity index (χ1) is 8.81. The number of rotatable bonds is 4. The van der Waals surface area contributed by atoms with Crippen LogP contribution in [0.2, 0.25) is 0 Å². The molecule has 1 rings (SSSR count). The van der Waals surface area contributed by atoms with Crippen molar-refractivity contribution in [3.63, 3.8) is 0 Å². The van der Waals surface area contributed by atoms with E-state index in [1.54, 1.807) is 0 Å². The minimum absolute atomic E-state index is 0.300. The van der Waals surface area contributed by atoms with E-state index in [-0.39, 0.29) is 6.61 Å². The molecule has 0 unspecified atom stereocenters. The Morgan fingerprint density at radius 3 is 2.11 bits per heavy atom. The molecule has 7 nitrogen and oxygen atoms in total. The topological polar surface area (TPSA) is 88.1 Å². The van der Waals surface area contributed by atoms with E-state index in [2.05, 4.69) is 9.47 Å². The second-order valence-electron chi connectivity index (χ2n) is 3.97. The van der Waals surface area contributed by atoms with Crippen LogP contribution in [-0.4, -0.2) is 49.2 Å². The lowest BCUT2D eigenvalue weighted by molar-refractivity contribution is -0.184. The monoisotopic (exact) mass is 278 g/mol. The highest BCUT2D eigenvalue weighted by atomic mass is 19.1. The molecule has 0 radical (unpaired) electrons. The minimum atomic E-state index is -1.84. The van der Waals surface area contributed by atoms with Crippen molar-refractivity contribution in [2.45, 2.75) is 45.4 Å². The molecule has 0 amide bonds. The lowest BCUT2D eigenvalue weighted by Gasteiger charge is -2.17. The average molecular weight is 278 g/mol. The molecule has 1 heterocycles. The highest BCUT2D eigenvalue weighted by Gasteiger charge is 2.49. The third kappa shape index (κ3) is 4.47. The summed E-state index contributed by atoms with van der Waals surface area (Å²) >= 11 is 0. The Morgan fingerprint density at radius 1 is 1.05 bits per heavy atom. The summed E-state index contributed by atoms with van der Waals surface area (Å²) in [5.41, 5.74) is 0. The van der Waals surface area contributed by atoms with Gasteiger partial charge >= 0.3 is 17.9 Å². The van der Waals surface area contributed by atoms with Gasteiger partial charge in [0.25, 0.3) is 0 Å². The second kappa shape index (κ2) is 6.46. The van der Waals surface area contributed by atoms with E-state index in [1.165, 1.54) is 6.92 Å². The van der Waals surface area contributed by atoms with Gasteiger partial charge in [-0.3, -0.25) is 14.4 Å². The number of hydrogen-bond donors (Lipinski definition) is 0. The maximum absolute atomic E-state index is 13.9. The fourth-order valence-electron chi connectivity index (χ4n) is 1.61. The van der Waals surface area contributed by atoms with E-state index in [1.807, 2.05) is 0 Å². The Morgan fingerprint density at radius 2 is 1.63 bits per heavy atom. The summed E-state index contributed by atoms with van der Waals surface area (Å²) in [4.78, 5) is 32.4. The van der Waals surface area contributed by atoms with Gasteiger partial charge in [0.15, 0.2) is 6.10 Å². The molecule has 0 aromatic carbocycles. The summed E-state index contributed by atoms with van der Waals surface area (Å²) in [6, 6.07) is 0. The van der Waals surface area contributed by atoms with Crippen LogP contribution in [-0.2, 0) is 33.3 Å². The van der Waals surface area contributed by atoms with Crippen molar-refractivity contribution in [1.82, 2.24) is 0 Å². The van der Waals surface area contributed by atoms with Gasteiger partial charge in [-0.15, -0.1) is 0 Å². The standard InChI is InChI=1S/C11H15FO7/c1-5(13)16-4-8-10(17-6(2)14)9(12)11(19-8)18-7(3)15/h8-11H,4H2,1-3H3/t8-,9+,10-,11+/m1/s1. The minimum Gasteiger partial charge on any atom is -0.463 e. The highest BCUT2D eigenvalue weighted by Crippen LogP contribution is 2.28. The van der Waals surface area contributed by atoms with Crippen molar-refractivity contribution in [3.05, 3.63) is 0 Å². The summed E-state index contributed by atoms with van der Waals surface area (Å²) in [5.74, 6) is -2.04. The van der Waals surface area contributed by atoms with Crippen LogP contribution < -0.4 is 0 Å². The molecule has 0 spiro atoms. The first-order valence-electron chi connectivity index (χ1n) is 5.58. The molecule has 1 aliphatic heterocycles. The maximum Gasteiger partial charge on any atom is 0.305 e. The smallest absolute Gasteiger partial charge is 0.305 e. The molecule has 1 aliphatic rings. The van der Waals surface area contributed by atoms with Crippen LogP contribution in [0.1, 0.15) is 20.8 Å². The second-order valence-corrected chi connectivity index (χ2v) is 3.97. The lowest BCUT2D eigenvalue weighted by Crippen LogP contribution is -2.37. The van der Waals surface area contributed by atoms with Gasteiger partial charge in [0.2, 0.25) is 12.5 Å². The number of hydrogen-bond acceptors (Lipinski definition) is 7. The molecular weight excluding hydrogens is 263 g/mol. The molecule has 4 atom stereocenters. The molecule has 0 aromatic heterocycles. The Labute approximate surface area is 108 Å². The van der Waals surface area contributed by atoms with Crippen LogP contribution >= 0.6 is 0 Å². The number of esters is 3. The van der Waals surface area contributed by atoms with E-state index in [9.17, 15) is 18.8 Å². The van der Waals surface area contributed by atoms with Gasteiger partial charge in [-0.1, -0.05) is 0 Å². The zero-order valence-electron chi connectivity index (χ0n) is 10.8. The predicted molar refractivity (Wildman–Crippen MR) is 57.5 cm³/mol. The molecule has 1 fully saturated rings. The van der Waals surface area contributed by atoms with Crippen LogP contribution in [0.25, 0.3) is 0 Å². The van der Waals surface area contributed by atoms with Gasteiger partial charge < -0.3 is 18.9 Å². The molecular formula is C11H15FO7. The lowest BCUT2D eigenvalue weighted by atomic mass is 10.1. The van der Waals surface area contributed by atoms with Crippen LogP contribution in [0.4, 0.5) is 4.39 Å². The van der Waals surface area contributed by atoms with Crippen LogP contribution in [0.5, 0.6) is 0 Å². The average Bonchev–Trinajstić information content (AvgIpc) is 2.53. The third-order valence-electron chi connectivity index (χ3n) is 2.28. The molecule has 8 heteroatoms. The van der Waals surface area contributed by atoms with Crippen molar-refractivity contribution < 1.29 is 37.7 Å². The highest BCUT2D eigenvalue weighted by molar-refractivity contribution is 5.67. The van der Waals surface area contributed by atoms with Crippen molar-refractivity contribution in [2.75, 3.05) is 6.61 Å². The van der Waals surface area contributed by atoms with Crippen LogP contribution in [0.3, 0.4) is 0 Å². The van der Waals surface area contributed by atoms with E-state index >= 15 is 0 Å². The summed E-state index contributed by atoms with van der Waals surface area (Å²) in [6.45, 7) is 3.07. The van der Waals surface area contributed by atoms with Gasteiger partial charge in [0.05, 0.1) is 0 Å². The van der Waals surface area contributed by atoms with Gasteiger partial charge in [0, 0.05) is 20.8 Å². The zero-order valence-corrected chi connectivity index (χ0v) is 10.8. The molecule has 0 bridgehead atoms. The quantitative estimate of drug-likeness (QED) is 0.532. The SMILES string of the molecule is CC(=O)OC[C@H]1O[C@H](OC(C)=O)[C@@H](F)[C@@H]1OC(C)=O. The van der Waals surface area contributed by atoms with Crippen molar-refractivity contribution in [2.24, 2.45) is 0 Å². The van der Waals surface area contributed by atoms with E-state index in [0.717, 1.165) is 13.8 Å². The molecule has 108 valence electrons. The van der Waals surface area contributed by atoms with Gasteiger partial charge in [0.1, 0.15) is 12.7 Å². The molecule has 0 aliphatic carbocycles. The number of halogens is 1. The Balaban J connectivity index is 2.71. The van der Waals surface area contributed by atoms with E-state index in [4.69, 9.17) is 9.47 Å². The molecule has 1 saturated heterocycles. The third-order valence-corrected chi connectivity index (χ3v) is 2.28. The summed E-state index contributed by atoms with van der Waals surface area (Å²) in [7, 11) is 0. The molecule has 19 heavy (non-hydrogen) atoms. The molecule has 0 aromatic rings. The van der Waals surface area contributed by atoms with E-state index in [0.29, 0.717) is 0 Å². The molecule has 0 saturated carbocycles.